The van der Waals surface area contributed by atoms with Crippen molar-refractivity contribution in [2.75, 3.05) is 19.6 Å². The van der Waals surface area contributed by atoms with Crippen molar-refractivity contribution in [2.45, 2.75) is 57.0 Å². The van der Waals surface area contributed by atoms with E-state index in [9.17, 15) is 0 Å². The summed E-state index contributed by atoms with van der Waals surface area (Å²) in [5.41, 5.74) is 1.05. The maximum Gasteiger partial charge on any atom is 0.0964 e. The van der Waals surface area contributed by atoms with E-state index in [0.29, 0.717) is 12.2 Å². The molecule has 1 saturated carbocycles. The monoisotopic (exact) mass is 277 g/mol. The normalized spacial score (nSPS) is 30.0. The Morgan fingerprint density at radius 3 is 2.70 bits per heavy atom. The van der Waals surface area contributed by atoms with Crippen LogP contribution >= 0.6 is 0 Å². The molecule has 2 aliphatic heterocycles. The van der Waals surface area contributed by atoms with Crippen LogP contribution in [-0.2, 0) is 17.8 Å². The molecule has 2 bridgehead atoms. The number of aromatic nitrogens is 3. The fourth-order valence-corrected chi connectivity index (χ4v) is 3.19. The summed E-state index contributed by atoms with van der Waals surface area (Å²) in [4.78, 5) is 2.51. The highest BCUT2D eigenvalue weighted by molar-refractivity contribution is 4.94. The minimum atomic E-state index is 0.475. The van der Waals surface area contributed by atoms with Gasteiger partial charge < -0.3 is 10.1 Å². The fourth-order valence-electron chi connectivity index (χ4n) is 3.19. The molecule has 3 aliphatic rings. The number of morpholine rings is 1. The van der Waals surface area contributed by atoms with Gasteiger partial charge in [0.05, 0.1) is 24.4 Å². The third-order valence-electron chi connectivity index (χ3n) is 4.50. The van der Waals surface area contributed by atoms with E-state index >= 15 is 0 Å². The summed E-state index contributed by atoms with van der Waals surface area (Å²) in [7, 11) is 0. The summed E-state index contributed by atoms with van der Waals surface area (Å²) in [6.45, 7) is 5.00. The molecule has 2 atom stereocenters. The highest BCUT2D eigenvalue weighted by Gasteiger charge is 2.33. The predicted octanol–water partition coefficient (Wildman–Crippen LogP) is 0.393. The number of nitrogens with one attached hydrogen (secondary N) is 1. The van der Waals surface area contributed by atoms with Gasteiger partial charge in [0, 0.05) is 38.4 Å². The molecule has 6 nitrogen and oxygen atoms in total. The van der Waals surface area contributed by atoms with E-state index in [-0.39, 0.29) is 0 Å². The maximum absolute atomic E-state index is 5.86. The molecule has 20 heavy (non-hydrogen) atoms. The van der Waals surface area contributed by atoms with E-state index in [2.05, 4.69) is 26.7 Å². The third-order valence-corrected chi connectivity index (χ3v) is 4.50. The summed E-state index contributed by atoms with van der Waals surface area (Å²) in [5, 5.41) is 11.9. The molecular formula is C14H23N5O. The molecule has 110 valence electrons. The highest BCUT2D eigenvalue weighted by atomic mass is 16.5. The molecule has 1 N–H and O–H groups in total. The van der Waals surface area contributed by atoms with Gasteiger partial charge in [0.2, 0.25) is 0 Å². The van der Waals surface area contributed by atoms with Gasteiger partial charge in [-0.05, 0) is 25.7 Å². The van der Waals surface area contributed by atoms with E-state index in [0.717, 1.165) is 44.5 Å². The van der Waals surface area contributed by atoms with Crippen LogP contribution in [0.2, 0.25) is 0 Å². The van der Waals surface area contributed by atoms with Gasteiger partial charge in [-0.2, -0.15) is 0 Å². The second-order valence-corrected chi connectivity index (χ2v) is 6.35. The van der Waals surface area contributed by atoms with Crippen molar-refractivity contribution in [1.82, 2.24) is 25.2 Å². The van der Waals surface area contributed by atoms with E-state index in [1.807, 2.05) is 4.68 Å². The first kappa shape index (κ1) is 12.7. The minimum absolute atomic E-state index is 0.475. The van der Waals surface area contributed by atoms with Crippen LogP contribution in [0, 0.1) is 0 Å². The van der Waals surface area contributed by atoms with Gasteiger partial charge >= 0.3 is 0 Å². The Bertz CT molecular complexity index is 446. The van der Waals surface area contributed by atoms with Gasteiger partial charge in [0.15, 0.2) is 0 Å². The molecule has 4 rings (SSSR count). The maximum atomic E-state index is 5.86. The summed E-state index contributed by atoms with van der Waals surface area (Å²) in [6, 6.07) is 0.726. The van der Waals surface area contributed by atoms with E-state index in [1.54, 1.807) is 0 Å². The number of rotatable bonds is 6. The van der Waals surface area contributed by atoms with Crippen molar-refractivity contribution >= 4 is 0 Å². The van der Waals surface area contributed by atoms with Crippen LogP contribution in [0.25, 0.3) is 0 Å². The second kappa shape index (κ2) is 5.42. The minimum Gasteiger partial charge on any atom is -0.372 e. The molecule has 3 heterocycles. The molecule has 1 aliphatic carbocycles. The van der Waals surface area contributed by atoms with Gasteiger partial charge in [-0.1, -0.05) is 5.21 Å². The Balaban J connectivity index is 1.24. The highest BCUT2D eigenvalue weighted by Crippen LogP contribution is 2.25. The van der Waals surface area contributed by atoms with Gasteiger partial charge in [-0.25, -0.2) is 0 Å². The summed E-state index contributed by atoms with van der Waals surface area (Å²) in [6.07, 6.45) is 8.12. The van der Waals surface area contributed by atoms with Gasteiger partial charge in [-0.3, -0.25) is 9.58 Å². The Morgan fingerprint density at radius 2 is 1.95 bits per heavy atom. The van der Waals surface area contributed by atoms with Crippen LogP contribution in [0.4, 0.5) is 0 Å². The van der Waals surface area contributed by atoms with Crippen molar-refractivity contribution in [3.05, 3.63) is 11.9 Å². The summed E-state index contributed by atoms with van der Waals surface area (Å²) >= 11 is 0. The first-order valence-electron chi connectivity index (χ1n) is 7.85. The van der Waals surface area contributed by atoms with Gasteiger partial charge in [0.1, 0.15) is 0 Å². The SMILES string of the molecule is c1c(CNC2CC2)nnn1CCN1CC2CCC(C1)O2. The van der Waals surface area contributed by atoms with Crippen LogP contribution in [0.1, 0.15) is 31.4 Å². The molecule has 0 spiro atoms. The number of likely N-dealkylation sites (tertiary alicyclic amines) is 1. The number of ether oxygens (including phenoxy) is 1. The van der Waals surface area contributed by atoms with Crippen molar-refractivity contribution in [1.29, 1.82) is 0 Å². The molecule has 1 aromatic rings. The van der Waals surface area contributed by atoms with Crippen LogP contribution in [-0.4, -0.2) is 57.8 Å². The molecule has 2 unspecified atom stereocenters. The van der Waals surface area contributed by atoms with Gasteiger partial charge in [0.25, 0.3) is 0 Å². The fraction of sp³-hybridized carbons (Fsp3) is 0.857. The number of hydrogen-bond donors (Lipinski definition) is 1. The summed E-state index contributed by atoms with van der Waals surface area (Å²) in [5.74, 6) is 0. The topological polar surface area (TPSA) is 55.2 Å². The van der Waals surface area contributed by atoms with E-state index in [1.165, 1.54) is 25.7 Å². The molecule has 0 amide bonds. The third kappa shape index (κ3) is 3.02. The first-order valence-corrected chi connectivity index (χ1v) is 7.85. The zero-order valence-electron chi connectivity index (χ0n) is 11.9. The lowest BCUT2D eigenvalue weighted by Gasteiger charge is -2.31. The lowest BCUT2D eigenvalue weighted by Crippen LogP contribution is -2.43. The lowest BCUT2D eigenvalue weighted by molar-refractivity contribution is -0.0392. The van der Waals surface area contributed by atoms with Crippen molar-refractivity contribution in [2.24, 2.45) is 0 Å². The van der Waals surface area contributed by atoms with Crippen LogP contribution < -0.4 is 5.32 Å². The van der Waals surface area contributed by atoms with E-state index in [4.69, 9.17) is 4.74 Å². The smallest absolute Gasteiger partial charge is 0.0964 e. The van der Waals surface area contributed by atoms with Crippen molar-refractivity contribution < 1.29 is 4.74 Å². The largest absolute Gasteiger partial charge is 0.372 e. The number of hydrogen-bond acceptors (Lipinski definition) is 5. The zero-order chi connectivity index (χ0) is 13.4. The molecule has 0 radical (unpaired) electrons. The number of fused-ring (bicyclic) bond motifs is 2. The second-order valence-electron chi connectivity index (χ2n) is 6.35. The Morgan fingerprint density at radius 1 is 1.15 bits per heavy atom. The van der Waals surface area contributed by atoms with Crippen molar-refractivity contribution in [3.63, 3.8) is 0 Å². The van der Waals surface area contributed by atoms with Crippen LogP contribution in [0.5, 0.6) is 0 Å². The Hall–Kier alpha value is -0.980. The first-order chi connectivity index (χ1) is 9.85. The van der Waals surface area contributed by atoms with Gasteiger partial charge in [-0.15, -0.1) is 5.10 Å². The molecule has 3 fully saturated rings. The molecular weight excluding hydrogens is 254 g/mol. The Kier molecular flexibility index (Phi) is 3.45. The lowest BCUT2D eigenvalue weighted by atomic mass is 10.2. The zero-order valence-corrected chi connectivity index (χ0v) is 11.9. The molecule has 6 heteroatoms. The predicted molar refractivity (Wildman–Crippen MR) is 74.2 cm³/mol. The standard InChI is InChI=1S/C14H23N5O/c1-2-11(1)15-7-12-8-19(17-16-12)6-5-18-9-13-3-4-14(10-18)20-13/h8,11,13-15H,1-7,9-10H2. The molecule has 0 aromatic carbocycles. The Labute approximate surface area is 119 Å². The quantitative estimate of drug-likeness (QED) is 0.815. The average molecular weight is 277 g/mol. The number of nitrogens with zero attached hydrogens (tertiary/aromatic N) is 4. The average Bonchev–Trinajstić information content (AvgIpc) is 3.08. The van der Waals surface area contributed by atoms with Crippen LogP contribution in [0.15, 0.2) is 6.20 Å². The van der Waals surface area contributed by atoms with Crippen molar-refractivity contribution in [3.8, 4) is 0 Å². The van der Waals surface area contributed by atoms with E-state index < -0.39 is 0 Å². The van der Waals surface area contributed by atoms with Crippen LogP contribution in [0.3, 0.4) is 0 Å². The summed E-state index contributed by atoms with van der Waals surface area (Å²) < 4.78 is 7.83. The molecule has 1 aromatic heterocycles. The molecule has 2 saturated heterocycles.